The number of primary amides is 1. The van der Waals surface area contributed by atoms with E-state index in [4.69, 9.17) is 10.5 Å². The van der Waals surface area contributed by atoms with Crippen molar-refractivity contribution in [3.05, 3.63) is 54.3 Å². The molecule has 0 saturated carbocycles. The van der Waals surface area contributed by atoms with Gasteiger partial charge in [-0.05, 0) is 62.3 Å². The van der Waals surface area contributed by atoms with Crippen molar-refractivity contribution in [2.24, 2.45) is 11.7 Å². The average Bonchev–Trinajstić information content (AvgIpc) is 2.70. The van der Waals surface area contributed by atoms with Crippen LogP contribution in [0.25, 0.3) is 0 Å². The molecule has 0 atom stereocenters. The maximum atomic E-state index is 13.6. The van der Waals surface area contributed by atoms with E-state index in [2.05, 4.69) is 10.2 Å². The quantitative estimate of drug-likeness (QED) is 0.767. The highest BCUT2D eigenvalue weighted by Crippen LogP contribution is 2.26. The van der Waals surface area contributed by atoms with Crippen LogP contribution >= 0.6 is 0 Å². The molecule has 0 radical (unpaired) electrons. The molecule has 28 heavy (non-hydrogen) atoms. The number of carbonyl (C=O) groups excluding carboxylic acids is 2. The predicted molar refractivity (Wildman–Crippen MR) is 105 cm³/mol. The fourth-order valence-electron chi connectivity index (χ4n) is 3.19. The first kappa shape index (κ1) is 19.8. The van der Waals surface area contributed by atoms with Crippen LogP contribution in [-0.2, 0) is 9.59 Å². The van der Waals surface area contributed by atoms with Gasteiger partial charge in [-0.25, -0.2) is 4.39 Å². The van der Waals surface area contributed by atoms with Crippen molar-refractivity contribution < 1.29 is 18.7 Å². The van der Waals surface area contributed by atoms with Crippen LogP contribution in [0, 0.1) is 11.7 Å². The summed E-state index contributed by atoms with van der Waals surface area (Å²) in [6.45, 7) is 2.20. The van der Waals surface area contributed by atoms with Crippen LogP contribution in [0.1, 0.15) is 19.3 Å². The topological polar surface area (TPSA) is 84.7 Å². The van der Waals surface area contributed by atoms with E-state index in [0.29, 0.717) is 24.4 Å². The number of anilines is 1. The molecule has 0 spiro atoms. The van der Waals surface area contributed by atoms with Gasteiger partial charge in [-0.15, -0.1) is 0 Å². The maximum Gasteiger partial charge on any atom is 0.227 e. The predicted octanol–water partition coefficient (Wildman–Crippen LogP) is 3.14. The molecule has 2 amide bonds. The normalized spacial score (nSPS) is 15.2. The number of nitrogens with one attached hydrogen (secondary N) is 1. The molecule has 148 valence electrons. The highest BCUT2D eigenvalue weighted by molar-refractivity contribution is 5.92. The number of benzene rings is 2. The van der Waals surface area contributed by atoms with E-state index in [-0.39, 0.29) is 23.5 Å². The van der Waals surface area contributed by atoms with Crippen molar-refractivity contribution in [2.45, 2.75) is 19.3 Å². The number of amides is 2. The molecular weight excluding hydrogens is 361 g/mol. The van der Waals surface area contributed by atoms with Crippen LogP contribution < -0.4 is 15.8 Å². The number of ether oxygens (including phenoxy) is 1. The standard InChI is InChI=1S/C21H24FN3O3/c22-18-3-1-2-4-19(18)28-17-7-5-16(6-8-17)24-21(27)15-9-12-25(13-10-15)14-11-20(23)26/h1-8,15H,9-14H2,(H2,23,26)(H,24,27). The smallest absolute Gasteiger partial charge is 0.227 e. The summed E-state index contributed by atoms with van der Waals surface area (Å²) < 4.78 is 19.2. The van der Waals surface area contributed by atoms with Gasteiger partial charge in [0.1, 0.15) is 5.75 Å². The number of hydrogen-bond acceptors (Lipinski definition) is 4. The Bertz CT molecular complexity index is 818. The Hall–Kier alpha value is -2.93. The molecule has 0 unspecified atom stereocenters. The Morgan fingerprint density at radius 3 is 2.43 bits per heavy atom. The second-order valence-electron chi connectivity index (χ2n) is 6.88. The third-order valence-corrected chi connectivity index (χ3v) is 4.82. The first-order chi connectivity index (χ1) is 13.5. The number of nitrogens with zero attached hydrogens (tertiary/aromatic N) is 1. The monoisotopic (exact) mass is 385 g/mol. The maximum absolute atomic E-state index is 13.6. The van der Waals surface area contributed by atoms with Gasteiger partial charge in [-0.1, -0.05) is 12.1 Å². The van der Waals surface area contributed by atoms with Gasteiger partial charge >= 0.3 is 0 Å². The Morgan fingerprint density at radius 2 is 1.79 bits per heavy atom. The number of likely N-dealkylation sites (tertiary alicyclic amines) is 1. The lowest BCUT2D eigenvalue weighted by Crippen LogP contribution is -2.39. The van der Waals surface area contributed by atoms with E-state index in [0.717, 1.165) is 25.9 Å². The third kappa shape index (κ3) is 5.53. The van der Waals surface area contributed by atoms with E-state index in [1.807, 2.05) is 0 Å². The van der Waals surface area contributed by atoms with Crippen molar-refractivity contribution in [1.29, 1.82) is 0 Å². The van der Waals surface area contributed by atoms with Gasteiger partial charge in [0.05, 0.1) is 0 Å². The summed E-state index contributed by atoms with van der Waals surface area (Å²) in [7, 11) is 0. The van der Waals surface area contributed by atoms with Crippen LogP contribution in [0.2, 0.25) is 0 Å². The number of para-hydroxylation sites is 1. The molecule has 0 bridgehead atoms. The zero-order valence-corrected chi connectivity index (χ0v) is 15.6. The molecule has 2 aromatic rings. The SMILES string of the molecule is NC(=O)CCN1CCC(C(=O)Nc2ccc(Oc3ccccc3F)cc2)CC1. The molecule has 1 saturated heterocycles. The second kappa shape index (κ2) is 9.32. The first-order valence-electron chi connectivity index (χ1n) is 9.35. The minimum absolute atomic E-state index is 0.0164. The van der Waals surface area contributed by atoms with E-state index in [1.165, 1.54) is 6.07 Å². The molecule has 3 N–H and O–H groups in total. The van der Waals surface area contributed by atoms with Crippen LogP contribution in [0.15, 0.2) is 48.5 Å². The fraction of sp³-hybridized carbons (Fsp3) is 0.333. The number of nitrogens with two attached hydrogens (primary N) is 1. The molecule has 0 aromatic heterocycles. The van der Waals surface area contributed by atoms with Crippen molar-refractivity contribution in [3.63, 3.8) is 0 Å². The summed E-state index contributed by atoms with van der Waals surface area (Å²) in [5, 5.41) is 2.92. The molecule has 2 aromatic carbocycles. The summed E-state index contributed by atoms with van der Waals surface area (Å²) in [6, 6.07) is 13.0. The van der Waals surface area contributed by atoms with Crippen molar-refractivity contribution in [1.82, 2.24) is 4.90 Å². The van der Waals surface area contributed by atoms with Gasteiger partial charge < -0.3 is 20.7 Å². The van der Waals surface area contributed by atoms with Gasteiger partial charge in [-0.3, -0.25) is 9.59 Å². The molecule has 1 fully saturated rings. The molecule has 0 aliphatic carbocycles. The summed E-state index contributed by atoms with van der Waals surface area (Å²) in [4.78, 5) is 25.5. The van der Waals surface area contributed by atoms with Crippen molar-refractivity contribution in [2.75, 3.05) is 25.0 Å². The Morgan fingerprint density at radius 1 is 1.11 bits per heavy atom. The zero-order valence-electron chi connectivity index (χ0n) is 15.6. The van der Waals surface area contributed by atoms with Crippen LogP contribution in [0.4, 0.5) is 10.1 Å². The Labute approximate surface area is 163 Å². The summed E-state index contributed by atoms with van der Waals surface area (Å²) >= 11 is 0. The van der Waals surface area contributed by atoms with Crippen LogP contribution in [0.3, 0.4) is 0 Å². The van der Waals surface area contributed by atoms with E-state index < -0.39 is 5.82 Å². The van der Waals surface area contributed by atoms with Gasteiger partial charge in [-0.2, -0.15) is 0 Å². The molecule has 3 rings (SSSR count). The van der Waals surface area contributed by atoms with Gasteiger partial charge in [0.2, 0.25) is 11.8 Å². The minimum atomic E-state index is -0.429. The summed E-state index contributed by atoms with van der Waals surface area (Å²) in [5.41, 5.74) is 5.84. The molecule has 1 aliphatic heterocycles. The molecule has 1 aliphatic rings. The number of carbonyl (C=O) groups is 2. The number of halogens is 1. The largest absolute Gasteiger partial charge is 0.454 e. The average molecular weight is 385 g/mol. The highest BCUT2D eigenvalue weighted by atomic mass is 19.1. The highest BCUT2D eigenvalue weighted by Gasteiger charge is 2.25. The third-order valence-electron chi connectivity index (χ3n) is 4.82. The van der Waals surface area contributed by atoms with Crippen LogP contribution in [-0.4, -0.2) is 36.3 Å². The van der Waals surface area contributed by atoms with E-state index >= 15 is 0 Å². The van der Waals surface area contributed by atoms with Gasteiger partial charge in [0, 0.05) is 24.6 Å². The summed E-state index contributed by atoms with van der Waals surface area (Å²) in [6.07, 6.45) is 1.84. The summed E-state index contributed by atoms with van der Waals surface area (Å²) in [5.74, 6) is -0.158. The molecule has 6 nitrogen and oxygen atoms in total. The Kier molecular flexibility index (Phi) is 6.60. The molecule has 7 heteroatoms. The van der Waals surface area contributed by atoms with Crippen molar-refractivity contribution >= 4 is 17.5 Å². The van der Waals surface area contributed by atoms with E-state index in [9.17, 15) is 14.0 Å². The fourth-order valence-corrected chi connectivity index (χ4v) is 3.19. The van der Waals surface area contributed by atoms with Crippen LogP contribution in [0.5, 0.6) is 11.5 Å². The molecule has 1 heterocycles. The minimum Gasteiger partial charge on any atom is -0.454 e. The van der Waals surface area contributed by atoms with Crippen molar-refractivity contribution in [3.8, 4) is 11.5 Å². The lowest BCUT2D eigenvalue weighted by atomic mass is 9.95. The molecular formula is C21H24FN3O3. The lowest BCUT2D eigenvalue weighted by molar-refractivity contribution is -0.122. The zero-order chi connectivity index (χ0) is 19.9. The second-order valence-corrected chi connectivity index (χ2v) is 6.88. The van der Waals surface area contributed by atoms with Gasteiger partial charge in [0.25, 0.3) is 0 Å². The Balaban J connectivity index is 1.48. The number of rotatable bonds is 7. The number of piperidine rings is 1. The van der Waals surface area contributed by atoms with E-state index in [1.54, 1.807) is 42.5 Å². The first-order valence-corrected chi connectivity index (χ1v) is 9.35. The number of hydrogen-bond donors (Lipinski definition) is 2. The lowest BCUT2D eigenvalue weighted by Gasteiger charge is -2.30. The van der Waals surface area contributed by atoms with Gasteiger partial charge in [0.15, 0.2) is 11.6 Å².